The minimum Gasteiger partial charge on any atom is -0.393 e. The number of Topliss-reactive ketones (excluding diaryl/α,β-unsaturated/α-hetero) is 1. The van der Waals surface area contributed by atoms with Crippen LogP contribution < -0.4 is 0 Å². The van der Waals surface area contributed by atoms with E-state index in [-0.39, 0.29) is 11.7 Å². The molecule has 1 N–H and O–H groups in total. The Bertz CT molecular complexity index is 877. The zero-order valence-electron chi connectivity index (χ0n) is 18.0. The predicted octanol–water partition coefficient (Wildman–Crippen LogP) is 3.68. The molecular weight excluding hydrogens is 390 g/mol. The number of aliphatic hydroxyl groups excluding tert-OH is 1. The van der Waals surface area contributed by atoms with E-state index in [1.54, 1.807) is 29.2 Å². The number of carbonyl (C=O) groups is 2. The van der Waals surface area contributed by atoms with Crippen LogP contribution in [0.15, 0.2) is 48.5 Å². The maximum Gasteiger partial charge on any atom is 0.254 e. The second-order valence-corrected chi connectivity index (χ2v) is 8.72. The van der Waals surface area contributed by atoms with Crippen molar-refractivity contribution in [1.29, 1.82) is 0 Å². The number of aliphatic hydroxyl groups is 1. The molecule has 5 heteroatoms. The zero-order chi connectivity index (χ0) is 21.6. The third-order valence-corrected chi connectivity index (χ3v) is 6.50. The fourth-order valence-electron chi connectivity index (χ4n) is 4.62. The van der Waals surface area contributed by atoms with Gasteiger partial charge in [-0.3, -0.25) is 9.59 Å². The van der Waals surface area contributed by atoms with E-state index >= 15 is 0 Å². The molecule has 31 heavy (non-hydrogen) atoms. The summed E-state index contributed by atoms with van der Waals surface area (Å²) in [5, 5.41) is 10.4. The third kappa shape index (κ3) is 5.60. The first-order valence-corrected chi connectivity index (χ1v) is 11.4. The number of fused-ring (bicyclic) bond motifs is 1. The Morgan fingerprint density at radius 3 is 2.19 bits per heavy atom. The number of nitrogens with zero attached hydrogens (tertiary/aromatic N) is 1. The van der Waals surface area contributed by atoms with Crippen molar-refractivity contribution in [3.63, 3.8) is 0 Å². The van der Waals surface area contributed by atoms with Crippen molar-refractivity contribution in [2.75, 3.05) is 26.3 Å². The van der Waals surface area contributed by atoms with Crippen molar-refractivity contribution < 1.29 is 19.4 Å². The smallest absolute Gasteiger partial charge is 0.254 e. The van der Waals surface area contributed by atoms with E-state index in [4.69, 9.17) is 4.74 Å². The number of hydrogen-bond acceptors (Lipinski definition) is 4. The number of rotatable bonds is 8. The molecule has 1 amide bonds. The minimum atomic E-state index is -0.449. The number of ether oxygens (including phenoxy) is 1. The van der Waals surface area contributed by atoms with Crippen LogP contribution in [-0.2, 0) is 17.6 Å². The van der Waals surface area contributed by atoms with E-state index in [2.05, 4.69) is 24.3 Å². The lowest BCUT2D eigenvalue weighted by Gasteiger charge is -2.26. The summed E-state index contributed by atoms with van der Waals surface area (Å²) in [7, 11) is 0. The van der Waals surface area contributed by atoms with Crippen LogP contribution in [0, 0.1) is 5.92 Å². The lowest BCUT2D eigenvalue weighted by atomic mass is 9.95. The molecule has 0 spiro atoms. The van der Waals surface area contributed by atoms with Gasteiger partial charge in [-0.05, 0) is 61.3 Å². The standard InChI is InChI=1S/C26H31NO4/c28-24(10-5-19-17-22-3-1-2-4-23(22)18-19)11-12-25(29)20-6-8-21(9-7-20)26(30)27-13-15-31-16-14-27/h1-4,6-9,19,24,28H,5,10-18H2/t24-/m0/s1. The summed E-state index contributed by atoms with van der Waals surface area (Å²) in [5.74, 6) is 0.587. The van der Waals surface area contributed by atoms with Gasteiger partial charge in [-0.1, -0.05) is 36.4 Å². The number of hydrogen-bond donors (Lipinski definition) is 1. The summed E-state index contributed by atoms with van der Waals surface area (Å²) in [6.07, 6.45) is 4.26. The Kier molecular flexibility index (Phi) is 7.15. The van der Waals surface area contributed by atoms with Gasteiger partial charge in [0.25, 0.3) is 5.91 Å². The van der Waals surface area contributed by atoms with Gasteiger partial charge < -0.3 is 14.7 Å². The highest BCUT2D eigenvalue weighted by Crippen LogP contribution is 2.30. The molecular formula is C26H31NO4. The molecule has 0 unspecified atom stereocenters. The fraction of sp³-hybridized carbons (Fsp3) is 0.462. The van der Waals surface area contributed by atoms with E-state index in [1.165, 1.54) is 11.1 Å². The summed E-state index contributed by atoms with van der Waals surface area (Å²) < 4.78 is 5.28. The zero-order valence-corrected chi connectivity index (χ0v) is 18.0. The molecule has 1 atom stereocenters. The summed E-state index contributed by atoms with van der Waals surface area (Å²) in [6.45, 7) is 2.34. The largest absolute Gasteiger partial charge is 0.393 e. The topological polar surface area (TPSA) is 66.8 Å². The van der Waals surface area contributed by atoms with Crippen LogP contribution in [0.2, 0.25) is 0 Å². The van der Waals surface area contributed by atoms with Gasteiger partial charge in [-0.2, -0.15) is 0 Å². The van der Waals surface area contributed by atoms with Gasteiger partial charge in [0.1, 0.15) is 0 Å². The van der Waals surface area contributed by atoms with Crippen LogP contribution in [0.4, 0.5) is 0 Å². The Balaban J connectivity index is 1.20. The van der Waals surface area contributed by atoms with Crippen LogP contribution in [0.1, 0.15) is 57.5 Å². The number of morpholine rings is 1. The second-order valence-electron chi connectivity index (χ2n) is 8.72. The first-order valence-electron chi connectivity index (χ1n) is 11.4. The van der Waals surface area contributed by atoms with Gasteiger partial charge in [-0.15, -0.1) is 0 Å². The average molecular weight is 422 g/mol. The highest BCUT2D eigenvalue weighted by Gasteiger charge is 2.22. The van der Waals surface area contributed by atoms with Gasteiger partial charge in [0.05, 0.1) is 19.3 Å². The second kappa shape index (κ2) is 10.2. The summed E-state index contributed by atoms with van der Waals surface area (Å²) >= 11 is 0. The van der Waals surface area contributed by atoms with Crippen molar-refractivity contribution in [3.05, 3.63) is 70.8 Å². The molecule has 0 radical (unpaired) electrons. The molecule has 1 heterocycles. The first-order chi connectivity index (χ1) is 15.1. The maximum atomic E-state index is 12.5. The van der Waals surface area contributed by atoms with Gasteiger partial charge >= 0.3 is 0 Å². The van der Waals surface area contributed by atoms with Crippen LogP contribution in [-0.4, -0.2) is 54.1 Å². The van der Waals surface area contributed by atoms with E-state index < -0.39 is 6.10 Å². The van der Waals surface area contributed by atoms with Crippen LogP contribution in [0.5, 0.6) is 0 Å². The first kappa shape index (κ1) is 21.7. The van der Waals surface area contributed by atoms with Crippen molar-refractivity contribution in [2.45, 2.75) is 44.6 Å². The quantitative estimate of drug-likeness (QED) is 0.661. The van der Waals surface area contributed by atoms with E-state index in [1.807, 2.05) is 0 Å². The third-order valence-electron chi connectivity index (χ3n) is 6.50. The molecule has 0 bridgehead atoms. The minimum absolute atomic E-state index is 0.0118. The molecule has 1 fully saturated rings. The van der Waals surface area contributed by atoms with E-state index in [0.717, 1.165) is 25.7 Å². The molecule has 4 rings (SSSR count). The number of ketones is 1. The highest BCUT2D eigenvalue weighted by atomic mass is 16.5. The number of benzene rings is 2. The summed E-state index contributed by atoms with van der Waals surface area (Å²) in [6, 6.07) is 15.5. The Hall–Kier alpha value is -2.50. The molecule has 1 aliphatic heterocycles. The van der Waals surface area contributed by atoms with E-state index in [9.17, 15) is 14.7 Å². The lowest BCUT2D eigenvalue weighted by molar-refractivity contribution is 0.0303. The highest BCUT2D eigenvalue weighted by molar-refractivity contribution is 5.98. The molecule has 2 aliphatic rings. The van der Waals surface area contributed by atoms with E-state index in [0.29, 0.717) is 56.2 Å². The van der Waals surface area contributed by atoms with Gasteiger partial charge in [0, 0.05) is 30.6 Å². The molecule has 164 valence electrons. The van der Waals surface area contributed by atoms with Gasteiger partial charge in [0.2, 0.25) is 0 Å². The molecule has 2 aromatic carbocycles. The van der Waals surface area contributed by atoms with Crippen LogP contribution >= 0.6 is 0 Å². The fourth-order valence-corrected chi connectivity index (χ4v) is 4.62. The van der Waals surface area contributed by atoms with Crippen LogP contribution in [0.3, 0.4) is 0 Å². The van der Waals surface area contributed by atoms with Crippen LogP contribution in [0.25, 0.3) is 0 Å². The van der Waals surface area contributed by atoms with Gasteiger partial charge in [-0.25, -0.2) is 0 Å². The van der Waals surface area contributed by atoms with Crippen molar-refractivity contribution in [1.82, 2.24) is 4.90 Å². The summed E-state index contributed by atoms with van der Waals surface area (Å²) in [5.41, 5.74) is 4.06. The molecule has 1 saturated heterocycles. The summed E-state index contributed by atoms with van der Waals surface area (Å²) in [4.78, 5) is 26.8. The molecule has 1 aliphatic carbocycles. The maximum absolute atomic E-state index is 12.5. The van der Waals surface area contributed by atoms with Crippen molar-refractivity contribution in [3.8, 4) is 0 Å². The SMILES string of the molecule is O=C(CC[C@@H](O)CCC1Cc2ccccc2C1)c1ccc(C(=O)N2CCOCC2)cc1. The Morgan fingerprint density at radius 1 is 0.935 bits per heavy atom. The van der Waals surface area contributed by atoms with Crippen molar-refractivity contribution >= 4 is 11.7 Å². The molecule has 2 aromatic rings. The average Bonchev–Trinajstić information content (AvgIpc) is 3.24. The van der Waals surface area contributed by atoms with Gasteiger partial charge in [0.15, 0.2) is 5.78 Å². The molecule has 0 aromatic heterocycles. The molecule has 0 saturated carbocycles. The number of amides is 1. The van der Waals surface area contributed by atoms with Crippen molar-refractivity contribution in [2.24, 2.45) is 5.92 Å². The monoisotopic (exact) mass is 421 g/mol. The Labute approximate surface area is 184 Å². The normalized spacial score (nSPS) is 17.4. The Morgan fingerprint density at radius 2 is 1.55 bits per heavy atom. The number of carbonyl (C=O) groups excluding carboxylic acids is 2. The lowest BCUT2D eigenvalue weighted by Crippen LogP contribution is -2.40. The predicted molar refractivity (Wildman–Crippen MR) is 119 cm³/mol. The molecule has 5 nitrogen and oxygen atoms in total.